The fourth-order valence-corrected chi connectivity index (χ4v) is 4.24. The molecule has 0 fully saturated rings. The third-order valence-corrected chi connectivity index (χ3v) is 6.51. The van der Waals surface area contributed by atoms with Gasteiger partial charge in [-0.15, -0.1) is 0 Å². The molecule has 4 rings (SSSR count). The van der Waals surface area contributed by atoms with Gasteiger partial charge in [0.1, 0.15) is 5.75 Å². The molecule has 1 amide bonds. The van der Waals surface area contributed by atoms with Crippen molar-refractivity contribution < 1.29 is 22.5 Å². The summed E-state index contributed by atoms with van der Waals surface area (Å²) in [6.07, 6.45) is 0. The van der Waals surface area contributed by atoms with E-state index >= 15 is 0 Å². The van der Waals surface area contributed by atoms with Crippen LogP contribution in [-0.4, -0.2) is 26.1 Å². The summed E-state index contributed by atoms with van der Waals surface area (Å²) in [5, 5.41) is 6.45. The molecular formula is C25H23N3O5S. The van der Waals surface area contributed by atoms with Gasteiger partial charge in [0.2, 0.25) is 5.88 Å². The molecule has 0 radical (unpaired) electrons. The highest BCUT2D eigenvalue weighted by atomic mass is 32.2. The second-order valence-electron chi connectivity index (χ2n) is 7.55. The lowest BCUT2D eigenvalue weighted by Gasteiger charge is -2.12. The summed E-state index contributed by atoms with van der Waals surface area (Å²) in [6.45, 7) is 3.23. The number of benzene rings is 3. The maximum absolute atomic E-state index is 12.6. The molecule has 0 bridgehead atoms. The summed E-state index contributed by atoms with van der Waals surface area (Å²) in [4.78, 5) is 12.4. The topological polar surface area (TPSA) is 111 Å². The van der Waals surface area contributed by atoms with E-state index in [1.54, 1.807) is 19.9 Å². The number of hydrogen-bond acceptors (Lipinski definition) is 6. The first kappa shape index (κ1) is 23.1. The van der Waals surface area contributed by atoms with Crippen molar-refractivity contribution in [2.24, 2.45) is 0 Å². The number of nitrogens with one attached hydrogen (secondary N) is 2. The predicted octanol–water partition coefficient (Wildman–Crippen LogP) is 4.78. The molecule has 1 aromatic heterocycles. The molecule has 3 aromatic carbocycles. The number of carbonyl (C=O) groups is 1. The number of aromatic nitrogens is 1. The molecule has 2 N–H and O–H groups in total. The highest BCUT2D eigenvalue weighted by Gasteiger charge is 2.19. The number of carbonyl (C=O) groups excluding carboxylic acids is 1. The molecule has 34 heavy (non-hydrogen) atoms. The first-order valence-electron chi connectivity index (χ1n) is 10.5. The van der Waals surface area contributed by atoms with Gasteiger partial charge in [-0.25, -0.2) is 13.1 Å². The van der Waals surface area contributed by atoms with Crippen LogP contribution in [0.3, 0.4) is 0 Å². The van der Waals surface area contributed by atoms with Crippen LogP contribution in [0.1, 0.15) is 11.3 Å². The summed E-state index contributed by atoms with van der Waals surface area (Å²) in [7, 11) is -3.87. The average molecular weight is 478 g/mol. The Bertz CT molecular complexity index is 1400. The molecule has 1 heterocycles. The van der Waals surface area contributed by atoms with E-state index in [0.717, 1.165) is 11.1 Å². The van der Waals surface area contributed by atoms with Crippen LogP contribution >= 0.6 is 0 Å². The lowest BCUT2D eigenvalue weighted by atomic mass is 10.1. The maximum atomic E-state index is 12.6. The van der Waals surface area contributed by atoms with Crippen LogP contribution in [0, 0.1) is 13.8 Å². The normalized spacial score (nSPS) is 11.1. The first-order valence-corrected chi connectivity index (χ1v) is 11.9. The van der Waals surface area contributed by atoms with Crippen molar-refractivity contribution in [3.05, 3.63) is 90.1 Å². The van der Waals surface area contributed by atoms with Gasteiger partial charge in [-0.3, -0.25) is 4.79 Å². The van der Waals surface area contributed by atoms with E-state index in [1.807, 2.05) is 48.5 Å². The first-order chi connectivity index (χ1) is 16.3. The van der Waals surface area contributed by atoms with Gasteiger partial charge in [-0.2, -0.15) is 0 Å². The highest BCUT2D eigenvalue weighted by molar-refractivity contribution is 7.92. The smallest absolute Gasteiger partial charge is 0.264 e. The van der Waals surface area contributed by atoms with Crippen molar-refractivity contribution in [1.82, 2.24) is 5.16 Å². The molecule has 0 saturated carbocycles. The fraction of sp³-hybridized carbons (Fsp3) is 0.120. The summed E-state index contributed by atoms with van der Waals surface area (Å²) < 4.78 is 38.3. The van der Waals surface area contributed by atoms with Crippen LogP contribution in [-0.2, 0) is 14.8 Å². The largest absolute Gasteiger partial charge is 0.483 e. The quantitative estimate of drug-likeness (QED) is 0.378. The average Bonchev–Trinajstić information content (AvgIpc) is 3.15. The number of nitrogens with zero attached hydrogens (tertiary/aromatic N) is 1. The lowest BCUT2D eigenvalue weighted by Crippen LogP contribution is -2.20. The zero-order valence-electron chi connectivity index (χ0n) is 18.6. The highest BCUT2D eigenvalue weighted by Crippen LogP contribution is 2.29. The van der Waals surface area contributed by atoms with Crippen LogP contribution in [0.4, 0.5) is 11.6 Å². The SMILES string of the molecule is Cc1noc(NS(=O)(=O)c2ccc(NC(=O)COc3ccccc3-c3ccccc3)cc2)c1C. The zero-order chi connectivity index (χ0) is 24.1. The number of anilines is 2. The van der Waals surface area contributed by atoms with E-state index in [2.05, 4.69) is 15.2 Å². The van der Waals surface area contributed by atoms with Gasteiger partial charge in [-0.1, -0.05) is 53.7 Å². The van der Waals surface area contributed by atoms with Crippen molar-refractivity contribution in [1.29, 1.82) is 0 Å². The van der Waals surface area contributed by atoms with Crippen LogP contribution in [0.25, 0.3) is 11.1 Å². The summed E-state index contributed by atoms with van der Waals surface area (Å²) >= 11 is 0. The predicted molar refractivity (Wildman–Crippen MR) is 129 cm³/mol. The van der Waals surface area contributed by atoms with E-state index in [9.17, 15) is 13.2 Å². The lowest BCUT2D eigenvalue weighted by molar-refractivity contribution is -0.118. The monoisotopic (exact) mass is 477 g/mol. The standard InChI is InChI=1S/C25H23N3O5S/c1-17-18(2)27-33-25(17)28-34(30,31)21-14-12-20(13-15-21)26-24(29)16-32-23-11-7-6-10-22(23)19-8-4-3-5-9-19/h3-15,28H,16H2,1-2H3,(H,26,29). The van der Waals surface area contributed by atoms with E-state index < -0.39 is 10.0 Å². The zero-order valence-corrected chi connectivity index (χ0v) is 19.4. The Morgan fingerprint density at radius 2 is 1.62 bits per heavy atom. The number of para-hydroxylation sites is 1. The molecule has 174 valence electrons. The molecule has 9 heteroatoms. The van der Waals surface area contributed by atoms with Gasteiger partial charge in [0.05, 0.1) is 10.6 Å². The second kappa shape index (κ2) is 9.80. The van der Waals surface area contributed by atoms with Crippen LogP contribution in [0.15, 0.2) is 88.3 Å². The van der Waals surface area contributed by atoms with Gasteiger partial charge < -0.3 is 14.6 Å². The Balaban J connectivity index is 1.38. The van der Waals surface area contributed by atoms with Crippen LogP contribution in [0.2, 0.25) is 0 Å². The van der Waals surface area contributed by atoms with Gasteiger partial charge in [0.15, 0.2) is 6.61 Å². The second-order valence-corrected chi connectivity index (χ2v) is 9.23. The van der Waals surface area contributed by atoms with Gasteiger partial charge in [0, 0.05) is 16.8 Å². The van der Waals surface area contributed by atoms with Crippen molar-refractivity contribution in [2.75, 3.05) is 16.6 Å². The van der Waals surface area contributed by atoms with E-state index in [-0.39, 0.29) is 23.3 Å². The number of hydrogen-bond donors (Lipinski definition) is 2. The third-order valence-electron chi connectivity index (χ3n) is 5.16. The minimum absolute atomic E-state index is 0.0204. The number of aryl methyl sites for hydroxylation is 1. The maximum Gasteiger partial charge on any atom is 0.264 e. The summed E-state index contributed by atoms with van der Waals surface area (Å²) in [6, 6.07) is 23.0. The molecule has 0 aliphatic heterocycles. The molecule has 0 atom stereocenters. The van der Waals surface area contributed by atoms with Crippen molar-refractivity contribution in [3.63, 3.8) is 0 Å². The van der Waals surface area contributed by atoms with Crippen LogP contribution < -0.4 is 14.8 Å². The molecule has 8 nitrogen and oxygen atoms in total. The number of amides is 1. The van der Waals surface area contributed by atoms with Gasteiger partial charge in [-0.05, 0) is 49.7 Å². The molecular weight excluding hydrogens is 454 g/mol. The Labute approximate surface area is 197 Å². The summed E-state index contributed by atoms with van der Waals surface area (Å²) in [5.41, 5.74) is 3.52. The van der Waals surface area contributed by atoms with Crippen molar-refractivity contribution in [3.8, 4) is 16.9 Å². The van der Waals surface area contributed by atoms with E-state index in [4.69, 9.17) is 9.26 Å². The number of ether oxygens (including phenoxy) is 1. The van der Waals surface area contributed by atoms with E-state index in [0.29, 0.717) is 22.7 Å². The van der Waals surface area contributed by atoms with Gasteiger partial charge >= 0.3 is 0 Å². The molecule has 0 spiro atoms. The molecule has 0 aliphatic carbocycles. The van der Waals surface area contributed by atoms with Crippen molar-refractivity contribution in [2.45, 2.75) is 18.7 Å². The molecule has 0 aliphatic rings. The Hall–Kier alpha value is -4.11. The third kappa shape index (κ3) is 5.26. The fourth-order valence-electron chi connectivity index (χ4n) is 3.20. The van der Waals surface area contributed by atoms with Crippen LogP contribution in [0.5, 0.6) is 5.75 Å². The molecule has 0 saturated heterocycles. The Morgan fingerprint density at radius 1 is 0.941 bits per heavy atom. The van der Waals surface area contributed by atoms with Crippen molar-refractivity contribution >= 4 is 27.5 Å². The minimum atomic E-state index is -3.87. The molecule has 4 aromatic rings. The Kier molecular flexibility index (Phi) is 6.65. The molecule has 0 unspecified atom stereocenters. The Morgan fingerprint density at radius 3 is 2.29 bits per heavy atom. The minimum Gasteiger partial charge on any atom is -0.483 e. The van der Waals surface area contributed by atoms with Gasteiger partial charge in [0.25, 0.3) is 15.9 Å². The number of rotatable bonds is 8. The number of sulfonamides is 1. The van der Waals surface area contributed by atoms with E-state index in [1.165, 1.54) is 24.3 Å². The summed E-state index contributed by atoms with van der Waals surface area (Å²) in [5.74, 6) is 0.293.